The highest BCUT2D eigenvalue weighted by Crippen LogP contribution is 2.34. The van der Waals surface area contributed by atoms with Crippen LogP contribution < -0.4 is 10.1 Å². The number of carbonyl (C=O) groups excluding carboxylic acids is 1. The van der Waals surface area contributed by atoms with Crippen LogP contribution in [0.1, 0.15) is 18.4 Å². The lowest BCUT2D eigenvalue weighted by molar-refractivity contribution is -0.121. The summed E-state index contributed by atoms with van der Waals surface area (Å²) in [5, 5.41) is 12.1. The molecule has 1 aliphatic carbocycles. The van der Waals surface area contributed by atoms with Crippen molar-refractivity contribution in [3.63, 3.8) is 0 Å². The topological polar surface area (TPSA) is 62.1 Å². The summed E-state index contributed by atoms with van der Waals surface area (Å²) in [6.07, 6.45) is 1.55. The van der Waals surface area contributed by atoms with Crippen LogP contribution in [0.2, 0.25) is 5.02 Å². The monoisotopic (exact) mass is 264 g/mol. The molecule has 4 nitrogen and oxygen atoms in total. The molecule has 1 aromatic rings. The third-order valence-electron chi connectivity index (χ3n) is 2.98. The van der Waals surface area contributed by atoms with E-state index in [-0.39, 0.29) is 12.3 Å². The van der Waals surface area contributed by atoms with Gasteiger partial charge in [-0.15, -0.1) is 0 Å². The molecule has 0 atom stereocenters. The summed E-state index contributed by atoms with van der Waals surface area (Å²) in [5.74, 6) is 0.375. The van der Waals surface area contributed by atoms with E-state index < -0.39 is 5.54 Å². The number of ether oxygens (including phenoxy) is 1. The van der Waals surface area contributed by atoms with E-state index in [4.69, 9.17) is 21.6 Å². The van der Waals surface area contributed by atoms with Gasteiger partial charge in [0.25, 0.3) is 0 Å². The number of benzene rings is 1. The molecule has 0 bridgehead atoms. The largest absolute Gasteiger partial charge is 0.496 e. The van der Waals surface area contributed by atoms with Gasteiger partial charge < -0.3 is 10.1 Å². The van der Waals surface area contributed by atoms with E-state index in [0.717, 1.165) is 12.8 Å². The zero-order chi connectivity index (χ0) is 13.2. The van der Waals surface area contributed by atoms with Gasteiger partial charge in [0.1, 0.15) is 11.3 Å². The Hall–Kier alpha value is -1.73. The van der Waals surface area contributed by atoms with Gasteiger partial charge in [0.05, 0.1) is 19.6 Å². The predicted octanol–water partition coefficient (Wildman–Crippen LogP) is 2.06. The SMILES string of the molecule is COc1cccc(Cl)c1CC(=O)NC1(C#N)CC1. The number of nitriles is 1. The third kappa shape index (κ3) is 2.57. The second-order valence-electron chi connectivity index (χ2n) is 4.34. The number of nitrogens with zero attached hydrogens (tertiary/aromatic N) is 1. The normalized spacial score (nSPS) is 15.6. The molecule has 1 aliphatic rings. The van der Waals surface area contributed by atoms with E-state index in [1.807, 2.05) is 0 Å². The molecule has 1 amide bonds. The van der Waals surface area contributed by atoms with E-state index in [2.05, 4.69) is 11.4 Å². The Balaban J connectivity index is 2.10. The van der Waals surface area contributed by atoms with Crippen LogP contribution in [0.5, 0.6) is 5.75 Å². The van der Waals surface area contributed by atoms with Crippen molar-refractivity contribution in [3.8, 4) is 11.8 Å². The van der Waals surface area contributed by atoms with Crippen LogP contribution in [-0.2, 0) is 11.2 Å². The van der Waals surface area contributed by atoms with Gasteiger partial charge in [-0.25, -0.2) is 0 Å². The third-order valence-corrected chi connectivity index (χ3v) is 3.33. The number of rotatable bonds is 4. The minimum atomic E-state index is -0.647. The Morgan fingerprint density at radius 3 is 2.89 bits per heavy atom. The second kappa shape index (κ2) is 4.87. The summed E-state index contributed by atoms with van der Waals surface area (Å²) in [6, 6.07) is 7.35. The maximum Gasteiger partial charge on any atom is 0.225 e. The summed E-state index contributed by atoms with van der Waals surface area (Å²) in [7, 11) is 1.53. The molecule has 1 N–H and O–H groups in total. The fourth-order valence-electron chi connectivity index (χ4n) is 1.76. The molecule has 0 heterocycles. The summed E-state index contributed by atoms with van der Waals surface area (Å²) in [4.78, 5) is 11.9. The first-order chi connectivity index (χ1) is 8.60. The van der Waals surface area contributed by atoms with Gasteiger partial charge in [0, 0.05) is 10.6 Å². The zero-order valence-corrected chi connectivity index (χ0v) is 10.8. The molecule has 0 aromatic heterocycles. The first-order valence-corrected chi connectivity index (χ1v) is 6.02. The van der Waals surface area contributed by atoms with Crippen molar-refractivity contribution < 1.29 is 9.53 Å². The molecule has 18 heavy (non-hydrogen) atoms. The van der Waals surface area contributed by atoms with Crippen molar-refractivity contribution in [1.82, 2.24) is 5.32 Å². The fraction of sp³-hybridized carbons (Fsp3) is 0.385. The Kier molecular flexibility index (Phi) is 3.44. The highest BCUT2D eigenvalue weighted by Gasteiger charge is 2.44. The molecule has 2 rings (SSSR count). The van der Waals surface area contributed by atoms with Gasteiger partial charge in [-0.05, 0) is 25.0 Å². The second-order valence-corrected chi connectivity index (χ2v) is 4.75. The highest BCUT2D eigenvalue weighted by atomic mass is 35.5. The minimum absolute atomic E-state index is 0.117. The predicted molar refractivity (Wildman–Crippen MR) is 67.4 cm³/mol. The van der Waals surface area contributed by atoms with E-state index in [1.165, 1.54) is 7.11 Å². The van der Waals surface area contributed by atoms with E-state index >= 15 is 0 Å². The van der Waals surface area contributed by atoms with Crippen molar-refractivity contribution in [2.75, 3.05) is 7.11 Å². The average molecular weight is 265 g/mol. The first-order valence-electron chi connectivity index (χ1n) is 5.64. The number of methoxy groups -OCH3 is 1. The van der Waals surface area contributed by atoms with Crippen LogP contribution in [0, 0.1) is 11.3 Å². The van der Waals surface area contributed by atoms with E-state index in [9.17, 15) is 4.79 Å². The molecular weight excluding hydrogens is 252 g/mol. The van der Waals surface area contributed by atoms with Gasteiger partial charge >= 0.3 is 0 Å². The smallest absolute Gasteiger partial charge is 0.225 e. The van der Waals surface area contributed by atoms with Crippen LogP contribution in [0.15, 0.2) is 18.2 Å². The molecule has 0 spiro atoms. The lowest BCUT2D eigenvalue weighted by Crippen LogP contribution is -2.36. The van der Waals surface area contributed by atoms with E-state index in [1.54, 1.807) is 18.2 Å². The van der Waals surface area contributed by atoms with Gasteiger partial charge in [-0.3, -0.25) is 4.79 Å². The van der Waals surface area contributed by atoms with Crippen LogP contribution in [-0.4, -0.2) is 18.6 Å². The van der Waals surface area contributed by atoms with Gasteiger partial charge in [-0.2, -0.15) is 5.26 Å². The van der Waals surface area contributed by atoms with Crippen molar-refractivity contribution >= 4 is 17.5 Å². The van der Waals surface area contributed by atoms with E-state index in [0.29, 0.717) is 16.3 Å². The maximum absolute atomic E-state index is 11.9. The Morgan fingerprint density at radius 2 is 2.33 bits per heavy atom. The van der Waals surface area contributed by atoms with Gasteiger partial charge in [-0.1, -0.05) is 17.7 Å². The number of halogens is 1. The van der Waals surface area contributed by atoms with Crippen LogP contribution in [0.3, 0.4) is 0 Å². The number of hydrogen-bond acceptors (Lipinski definition) is 3. The highest BCUT2D eigenvalue weighted by molar-refractivity contribution is 6.31. The standard InChI is InChI=1S/C13H13ClN2O2/c1-18-11-4-2-3-10(14)9(11)7-12(17)16-13(8-15)5-6-13/h2-4H,5-7H2,1H3,(H,16,17). The maximum atomic E-state index is 11.9. The quantitative estimate of drug-likeness (QED) is 0.905. The van der Waals surface area contributed by atoms with Crippen LogP contribution >= 0.6 is 11.6 Å². The van der Waals surface area contributed by atoms with Crippen molar-refractivity contribution in [1.29, 1.82) is 5.26 Å². The Labute approximate surface area is 111 Å². The van der Waals surface area contributed by atoms with Gasteiger partial charge in [0.15, 0.2) is 0 Å². The zero-order valence-electron chi connectivity index (χ0n) is 10.00. The lowest BCUT2D eigenvalue weighted by Gasteiger charge is -2.12. The Morgan fingerprint density at radius 1 is 1.61 bits per heavy atom. The summed E-state index contributed by atoms with van der Waals surface area (Å²) < 4.78 is 5.17. The molecule has 0 unspecified atom stereocenters. The van der Waals surface area contributed by atoms with Crippen molar-refractivity contribution in [3.05, 3.63) is 28.8 Å². The molecule has 94 valence electrons. The van der Waals surface area contributed by atoms with Crippen LogP contribution in [0.25, 0.3) is 0 Å². The van der Waals surface area contributed by atoms with Crippen molar-refractivity contribution in [2.24, 2.45) is 0 Å². The lowest BCUT2D eigenvalue weighted by atomic mass is 10.1. The summed E-state index contributed by atoms with van der Waals surface area (Å²) in [5.41, 5.74) is -0.00104. The van der Waals surface area contributed by atoms with Crippen LogP contribution in [0.4, 0.5) is 0 Å². The fourth-order valence-corrected chi connectivity index (χ4v) is 2.00. The number of hydrogen-bond donors (Lipinski definition) is 1. The summed E-state index contributed by atoms with van der Waals surface area (Å²) >= 11 is 6.05. The Bertz CT molecular complexity index is 518. The molecule has 0 radical (unpaired) electrons. The average Bonchev–Trinajstić information content (AvgIpc) is 3.12. The minimum Gasteiger partial charge on any atom is -0.496 e. The molecule has 1 saturated carbocycles. The van der Waals surface area contributed by atoms with Crippen molar-refractivity contribution in [2.45, 2.75) is 24.8 Å². The summed E-state index contributed by atoms with van der Waals surface area (Å²) in [6.45, 7) is 0. The molecule has 1 fully saturated rings. The first kappa shape index (κ1) is 12.7. The molecule has 0 saturated heterocycles. The number of nitrogens with one attached hydrogen (secondary N) is 1. The number of amides is 1. The molecule has 0 aliphatic heterocycles. The molecule has 1 aromatic carbocycles. The molecular formula is C13H13ClN2O2. The van der Waals surface area contributed by atoms with Gasteiger partial charge in [0.2, 0.25) is 5.91 Å². The number of carbonyl (C=O) groups is 1. The molecule has 5 heteroatoms.